The molecule has 5 atom stereocenters. The number of thiophene rings is 1. The van der Waals surface area contributed by atoms with Crippen LogP contribution in [-0.4, -0.2) is 18.2 Å². The average molecular weight is 318 g/mol. The number of hydrogen-bond donors (Lipinski definition) is 1. The summed E-state index contributed by atoms with van der Waals surface area (Å²) in [6.45, 7) is 6.55. The van der Waals surface area contributed by atoms with Crippen LogP contribution in [0.25, 0.3) is 0 Å². The third-order valence-electron chi connectivity index (χ3n) is 3.88. The van der Waals surface area contributed by atoms with Gasteiger partial charge in [0.15, 0.2) is 0 Å². The van der Waals surface area contributed by atoms with E-state index in [1.54, 1.807) is 11.3 Å². The van der Waals surface area contributed by atoms with Gasteiger partial charge >= 0.3 is 0 Å². The van der Waals surface area contributed by atoms with Crippen LogP contribution in [-0.2, 0) is 11.2 Å². The maximum atomic E-state index is 6.37. The normalized spacial score (nSPS) is 35.1. The molecule has 1 saturated heterocycles. The van der Waals surface area contributed by atoms with E-state index >= 15 is 0 Å². The van der Waals surface area contributed by atoms with Crippen LogP contribution in [0.1, 0.15) is 25.6 Å². The molecule has 2 rings (SSSR count). The van der Waals surface area contributed by atoms with E-state index in [-0.39, 0.29) is 12.1 Å². The lowest BCUT2D eigenvalue weighted by Gasteiger charge is -2.25. The van der Waals surface area contributed by atoms with Crippen LogP contribution in [0, 0.1) is 11.8 Å². The summed E-state index contributed by atoms with van der Waals surface area (Å²) in [5.41, 5.74) is 6.37. The fourth-order valence-corrected chi connectivity index (χ4v) is 4.42. The first-order valence-electron chi connectivity index (χ1n) is 6.14. The molecular formula is C13H20BrNOS. The van der Waals surface area contributed by atoms with Crippen molar-refractivity contribution in [2.45, 2.75) is 45.4 Å². The Morgan fingerprint density at radius 2 is 2.06 bits per heavy atom. The molecule has 2 N–H and O–H groups in total. The number of halogens is 1. The summed E-state index contributed by atoms with van der Waals surface area (Å²) < 4.78 is 7.04. The maximum absolute atomic E-state index is 6.37. The van der Waals surface area contributed by atoms with Crippen LogP contribution < -0.4 is 5.73 Å². The summed E-state index contributed by atoms with van der Waals surface area (Å²) in [5.74, 6) is 1.01. The molecule has 4 heteroatoms. The van der Waals surface area contributed by atoms with Gasteiger partial charge in [0.25, 0.3) is 0 Å². The standard InChI is InChI=1S/C13H20BrNOS/c1-7-8(2)16-9(3)13(7)11(15)6-10-4-5-12(14)17-10/h4-5,7-9,11,13H,6,15H2,1-3H3. The first kappa shape index (κ1) is 13.5. The molecule has 2 heterocycles. The first-order chi connectivity index (χ1) is 7.99. The summed E-state index contributed by atoms with van der Waals surface area (Å²) in [4.78, 5) is 1.35. The molecule has 96 valence electrons. The van der Waals surface area contributed by atoms with Crippen molar-refractivity contribution in [2.24, 2.45) is 17.6 Å². The Balaban J connectivity index is 2.02. The van der Waals surface area contributed by atoms with Gasteiger partial charge in [0.05, 0.1) is 16.0 Å². The van der Waals surface area contributed by atoms with Gasteiger partial charge in [0.1, 0.15) is 0 Å². The minimum Gasteiger partial charge on any atom is -0.375 e. The molecule has 1 aliphatic heterocycles. The van der Waals surface area contributed by atoms with Gasteiger partial charge in [-0.25, -0.2) is 0 Å². The molecule has 0 aliphatic carbocycles. The second kappa shape index (κ2) is 5.39. The number of hydrogen-bond acceptors (Lipinski definition) is 3. The molecule has 0 saturated carbocycles. The van der Waals surface area contributed by atoms with E-state index in [2.05, 4.69) is 48.8 Å². The molecule has 5 unspecified atom stereocenters. The number of rotatable bonds is 3. The lowest BCUT2D eigenvalue weighted by Crippen LogP contribution is -2.39. The molecule has 17 heavy (non-hydrogen) atoms. The molecule has 0 amide bonds. The van der Waals surface area contributed by atoms with Gasteiger partial charge in [0, 0.05) is 16.8 Å². The minimum absolute atomic E-state index is 0.190. The van der Waals surface area contributed by atoms with E-state index in [0.717, 1.165) is 6.42 Å². The number of ether oxygens (including phenoxy) is 1. The second-order valence-corrected chi connectivity index (χ2v) is 7.60. The largest absolute Gasteiger partial charge is 0.375 e. The van der Waals surface area contributed by atoms with Crippen molar-refractivity contribution in [3.05, 3.63) is 20.8 Å². The number of nitrogens with two attached hydrogens (primary N) is 1. The molecule has 0 aromatic carbocycles. The zero-order chi connectivity index (χ0) is 12.6. The van der Waals surface area contributed by atoms with E-state index in [4.69, 9.17) is 10.5 Å². The van der Waals surface area contributed by atoms with Crippen LogP contribution in [0.3, 0.4) is 0 Å². The summed E-state index contributed by atoms with van der Waals surface area (Å²) in [5, 5.41) is 0. The summed E-state index contributed by atoms with van der Waals surface area (Å²) >= 11 is 5.27. The van der Waals surface area contributed by atoms with Crippen molar-refractivity contribution in [2.75, 3.05) is 0 Å². The third kappa shape index (κ3) is 2.92. The van der Waals surface area contributed by atoms with Crippen molar-refractivity contribution in [3.63, 3.8) is 0 Å². The van der Waals surface area contributed by atoms with E-state index in [0.29, 0.717) is 17.9 Å². The van der Waals surface area contributed by atoms with E-state index in [1.165, 1.54) is 8.66 Å². The molecule has 1 aromatic rings. The van der Waals surface area contributed by atoms with Crippen molar-refractivity contribution < 1.29 is 4.74 Å². The van der Waals surface area contributed by atoms with Crippen LogP contribution in [0.2, 0.25) is 0 Å². The Morgan fingerprint density at radius 1 is 1.35 bits per heavy atom. The molecule has 0 bridgehead atoms. The summed E-state index contributed by atoms with van der Waals surface area (Å²) in [6, 6.07) is 4.44. The maximum Gasteiger partial charge on any atom is 0.0701 e. The molecule has 1 aromatic heterocycles. The highest BCUT2D eigenvalue weighted by Gasteiger charge is 2.40. The fourth-order valence-electron chi connectivity index (χ4n) is 2.86. The monoisotopic (exact) mass is 317 g/mol. The Hall–Kier alpha value is 0.1000. The highest BCUT2D eigenvalue weighted by atomic mass is 79.9. The van der Waals surface area contributed by atoms with Crippen LogP contribution >= 0.6 is 27.3 Å². The zero-order valence-corrected chi connectivity index (χ0v) is 12.9. The van der Waals surface area contributed by atoms with Gasteiger partial charge in [-0.3, -0.25) is 0 Å². The average Bonchev–Trinajstić information content (AvgIpc) is 2.73. The summed E-state index contributed by atoms with van der Waals surface area (Å²) in [7, 11) is 0. The Morgan fingerprint density at radius 3 is 2.53 bits per heavy atom. The molecular weight excluding hydrogens is 298 g/mol. The van der Waals surface area contributed by atoms with Gasteiger partial charge in [-0.1, -0.05) is 6.92 Å². The van der Waals surface area contributed by atoms with Crippen molar-refractivity contribution in [1.29, 1.82) is 0 Å². The Bertz CT molecular complexity index is 381. The Labute approximate surface area is 116 Å². The second-order valence-electron chi connectivity index (χ2n) is 5.06. The van der Waals surface area contributed by atoms with Gasteiger partial charge in [-0.2, -0.15) is 0 Å². The smallest absolute Gasteiger partial charge is 0.0701 e. The minimum atomic E-state index is 0.190. The van der Waals surface area contributed by atoms with Crippen molar-refractivity contribution in [1.82, 2.24) is 0 Å². The Kier molecular flexibility index (Phi) is 4.29. The molecule has 1 aliphatic rings. The highest BCUT2D eigenvalue weighted by molar-refractivity contribution is 9.11. The van der Waals surface area contributed by atoms with E-state index in [1.807, 2.05) is 0 Å². The van der Waals surface area contributed by atoms with Gasteiger partial charge in [0.2, 0.25) is 0 Å². The lowest BCUT2D eigenvalue weighted by atomic mass is 9.82. The van der Waals surface area contributed by atoms with E-state index in [9.17, 15) is 0 Å². The van der Waals surface area contributed by atoms with Crippen LogP contribution in [0.15, 0.2) is 15.9 Å². The quantitative estimate of drug-likeness (QED) is 0.926. The van der Waals surface area contributed by atoms with Crippen LogP contribution in [0.4, 0.5) is 0 Å². The van der Waals surface area contributed by atoms with Gasteiger partial charge in [-0.15, -0.1) is 11.3 Å². The zero-order valence-electron chi connectivity index (χ0n) is 10.5. The molecule has 0 spiro atoms. The van der Waals surface area contributed by atoms with Gasteiger partial charge in [-0.05, 0) is 54.2 Å². The van der Waals surface area contributed by atoms with Crippen molar-refractivity contribution >= 4 is 27.3 Å². The predicted octanol–water partition coefficient (Wildman–Crippen LogP) is 3.44. The summed E-state index contributed by atoms with van der Waals surface area (Å²) in [6.07, 6.45) is 1.56. The fraction of sp³-hybridized carbons (Fsp3) is 0.692. The highest BCUT2D eigenvalue weighted by Crippen LogP contribution is 2.35. The molecule has 1 fully saturated rings. The topological polar surface area (TPSA) is 35.2 Å². The molecule has 0 radical (unpaired) electrons. The van der Waals surface area contributed by atoms with Crippen LogP contribution in [0.5, 0.6) is 0 Å². The van der Waals surface area contributed by atoms with Crippen molar-refractivity contribution in [3.8, 4) is 0 Å². The SMILES string of the molecule is CC1OC(C)C(C(N)Cc2ccc(Br)s2)C1C. The van der Waals surface area contributed by atoms with E-state index < -0.39 is 0 Å². The first-order valence-corrected chi connectivity index (χ1v) is 7.75. The third-order valence-corrected chi connectivity index (χ3v) is 5.52. The molecule has 2 nitrogen and oxygen atoms in total. The van der Waals surface area contributed by atoms with Gasteiger partial charge < -0.3 is 10.5 Å². The lowest BCUT2D eigenvalue weighted by molar-refractivity contribution is 0.0490. The predicted molar refractivity (Wildman–Crippen MR) is 76.4 cm³/mol.